The van der Waals surface area contributed by atoms with Crippen LogP contribution < -0.4 is 0 Å². The molecule has 0 atom stereocenters. The minimum Gasteiger partial charge on any atom is -0.476 e. The first-order chi connectivity index (χ1) is 8.70. The molecule has 4 fully saturated rings. The maximum absolute atomic E-state index is 11.0. The van der Waals surface area contributed by atoms with Crippen molar-refractivity contribution in [1.29, 1.82) is 0 Å². The van der Waals surface area contributed by atoms with Gasteiger partial charge < -0.3 is 5.11 Å². The molecule has 0 radical (unpaired) electrons. The molecule has 4 saturated carbocycles. The first-order valence-corrected chi connectivity index (χ1v) is 7.77. The Hall–Kier alpha value is -0.900. The van der Waals surface area contributed by atoms with Crippen LogP contribution in [0, 0.1) is 23.7 Å². The van der Waals surface area contributed by atoms with Crippen molar-refractivity contribution in [1.82, 2.24) is 4.98 Å². The van der Waals surface area contributed by atoms with Gasteiger partial charge in [-0.25, -0.2) is 9.78 Å². The van der Waals surface area contributed by atoms with Crippen LogP contribution in [-0.2, 0) is 0 Å². The van der Waals surface area contributed by atoms with Crippen LogP contribution in [0.2, 0.25) is 0 Å². The highest BCUT2D eigenvalue weighted by atomic mass is 32.1. The smallest absolute Gasteiger partial charge is 0.365 e. The zero-order chi connectivity index (χ0) is 12.3. The number of rotatable bonds is 2. The lowest BCUT2D eigenvalue weighted by Gasteiger charge is -2.54. The van der Waals surface area contributed by atoms with Gasteiger partial charge in [-0.1, -0.05) is 0 Å². The highest BCUT2D eigenvalue weighted by molar-refractivity contribution is 7.11. The molecule has 1 N–H and O–H groups in total. The zero-order valence-electron chi connectivity index (χ0n) is 10.2. The van der Waals surface area contributed by atoms with Crippen LogP contribution in [0.15, 0.2) is 5.38 Å². The zero-order valence-corrected chi connectivity index (χ0v) is 11.0. The molecule has 4 aliphatic carbocycles. The van der Waals surface area contributed by atoms with Gasteiger partial charge >= 0.3 is 5.97 Å². The Bertz CT molecular complexity index is 468. The molecule has 3 nitrogen and oxygen atoms in total. The maximum Gasteiger partial charge on any atom is 0.365 e. The summed E-state index contributed by atoms with van der Waals surface area (Å²) in [7, 11) is 0. The van der Waals surface area contributed by atoms with Crippen molar-refractivity contribution >= 4 is 17.3 Å². The number of carboxylic acid groups (broad SMARTS) is 1. The van der Waals surface area contributed by atoms with Gasteiger partial charge in [0.2, 0.25) is 5.01 Å². The van der Waals surface area contributed by atoms with Gasteiger partial charge in [-0.15, -0.1) is 11.3 Å². The topological polar surface area (TPSA) is 50.2 Å². The number of nitrogens with zero attached hydrogens (tertiary/aromatic N) is 1. The molecular formula is C14H17NO2S. The number of carbonyl (C=O) groups is 1. The minimum atomic E-state index is -0.880. The second-order valence-corrected chi connectivity index (χ2v) is 7.20. The van der Waals surface area contributed by atoms with Crippen LogP contribution in [0.4, 0.5) is 0 Å². The normalized spacial score (nSPS) is 41.2. The summed E-state index contributed by atoms with van der Waals surface area (Å²) in [4.78, 5) is 15.3. The standard InChI is InChI=1S/C14H17NO2S/c16-14(17)13-15-11(6-18-13)12-9-2-7-1-8(4-9)5-10(12)3-7/h6-10,12H,1-5H2,(H,16,17). The third-order valence-electron chi connectivity index (χ3n) is 5.27. The lowest BCUT2D eigenvalue weighted by Crippen LogP contribution is -2.43. The van der Waals surface area contributed by atoms with E-state index in [1.165, 1.54) is 43.4 Å². The summed E-state index contributed by atoms with van der Waals surface area (Å²) in [6.07, 6.45) is 6.89. The van der Waals surface area contributed by atoms with Crippen molar-refractivity contribution in [3.05, 3.63) is 16.1 Å². The molecule has 0 unspecified atom stereocenters. The molecule has 0 amide bonds. The lowest BCUT2D eigenvalue weighted by atomic mass is 9.51. The van der Waals surface area contributed by atoms with Gasteiger partial charge in [0, 0.05) is 11.3 Å². The average molecular weight is 263 g/mol. The van der Waals surface area contributed by atoms with Crippen LogP contribution in [-0.4, -0.2) is 16.1 Å². The molecule has 4 heteroatoms. The van der Waals surface area contributed by atoms with Crippen molar-refractivity contribution < 1.29 is 9.90 Å². The Kier molecular flexibility index (Phi) is 2.31. The molecule has 0 saturated heterocycles. The van der Waals surface area contributed by atoms with Crippen molar-refractivity contribution in [3.8, 4) is 0 Å². The maximum atomic E-state index is 11.0. The molecule has 1 heterocycles. The number of aromatic nitrogens is 1. The molecule has 4 aliphatic rings. The van der Waals surface area contributed by atoms with Gasteiger partial charge in [-0.05, 0) is 55.8 Å². The predicted molar refractivity (Wildman–Crippen MR) is 68.9 cm³/mol. The van der Waals surface area contributed by atoms with Crippen molar-refractivity contribution in [2.45, 2.75) is 38.0 Å². The van der Waals surface area contributed by atoms with Gasteiger partial charge in [0.15, 0.2) is 0 Å². The van der Waals surface area contributed by atoms with Crippen LogP contribution in [0.3, 0.4) is 0 Å². The second-order valence-electron chi connectivity index (χ2n) is 6.34. The van der Waals surface area contributed by atoms with Crippen LogP contribution in [0.25, 0.3) is 0 Å². The highest BCUT2D eigenvalue weighted by Crippen LogP contribution is 2.59. The number of carboxylic acids is 1. The average Bonchev–Trinajstić information content (AvgIpc) is 2.77. The van der Waals surface area contributed by atoms with E-state index in [4.69, 9.17) is 5.11 Å². The van der Waals surface area contributed by atoms with Crippen molar-refractivity contribution in [3.63, 3.8) is 0 Å². The SMILES string of the molecule is O=C(O)c1nc(C2C3CC4CC(C3)CC2C4)cs1. The number of hydrogen-bond donors (Lipinski definition) is 1. The van der Waals surface area contributed by atoms with Gasteiger partial charge in [-0.2, -0.15) is 0 Å². The van der Waals surface area contributed by atoms with Crippen molar-refractivity contribution in [2.75, 3.05) is 0 Å². The summed E-state index contributed by atoms with van der Waals surface area (Å²) in [5.74, 6) is 3.16. The van der Waals surface area contributed by atoms with E-state index in [2.05, 4.69) is 4.98 Å². The molecule has 18 heavy (non-hydrogen) atoms. The fourth-order valence-corrected chi connectivity index (χ4v) is 5.65. The monoisotopic (exact) mass is 263 g/mol. The minimum absolute atomic E-state index is 0.263. The van der Waals surface area contributed by atoms with E-state index in [9.17, 15) is 4.79 Å². The van der Waals surface area contributed by atoms with Gasteiger partial charge in [0.05, 0.1) is 5.69 Å². The van der Waals surface area contributed by atoms with Gasteiger partial charge in [-0.3, -0.25) is 0 Å². The quantitative estimate of drug-likeness (QED) is 0.890. The van der Waals surface area contributed by atoms with Crippen molar-refractivity contribution in [2.24, 2.45) is 23.7 Å². The van der Waals surface area contributed by atoms with Gasteiger partial charge in [0.1, 0.15) is 0 Å². The molecule has 1 aromatic heterocycles. The van der Waals surface area contributed by atoms with Crippen LogP contribution in [0.5, 0.6) is 0 Å². The first kappa shape index (κ1) is 11.0. The van der Waals surface area contributed by atoms with Crippen LogP contribution in [0.1, 0.15) is 53.5 Å². The Morgan fingerprint density at radius 2 is 1.78 bits per heavy atom. The number of aromatic carboxylic acids is 1. The van der Waals surface area contributed by atoms with E-state index < -0.39 is 5.97 Å². The van der Waals surface area contributed by atoms with E-state index in [0.717, 1.165) is 29.4 Å². The molecule has 4 bridgehead atoms. The number of hydrogen-bond acceptors (Lipinski definition) is 3. The summed E-state index contributed by atoms with van der Waals surface area (Å²) in [5.41, 5.74) is 1.08. The Labute approximate surface area is 110 Å². The lowest BCUT2D eigenvalue weighted by molar-refractivity contribution is -0.00403. The van der Waals surface area contributed by atoms with E-state index in [1.54, 1.807) is 0 Å². The highest BCUT2D eigenvalue weighted by Gasteiger charge is 2.49. The third kappa shape index (κ3) is 1.54. The Morgan fingerprint density at radius 3 is 2.28 bits per heavy atom. The Morgan fingerprint density at radius 1 is 1.17 bits per heavy atom. The van der Waals surface area contributed by atoms with E-state index in [1.807, 2.05) is 5.38 Å². The summed E-state index contributed by atoms with van der Waals surface area (Å²) in [6, 6.07) is 0. The summed E-state index contributed by atoms with van der Waals surface area (Å²) in [5, 5.41) is 11.3. The molecule has 5 rings (SSSR count). The molecular weight excluding hydrogens is 246 g/mol. The summed E-state index contributed by atoms with van der Waals surface area (Å²) < 4.78 is 0. The molecule has 0 spiro atoms. The Balaban J connectivity index is 1.66. The first-order valence-electron chi connectivity index (χ1n) is 6.89. The fraction of sp³-hybridized carbons (Fsp3) is 0.714. The van der Waals surface area contributed by atoms with Gasteiger partial charge in [0.25, 0.3) is 0 Å². The molecule has 0 aliphatic heterocycles. The predicted octanol–water partition coefficient (Wildman–Crippen LogP) is 3.38. The summed E-state index contributed by atoms with van der Waals surface area (Å²) in [6.45, 7) is 0. The largest absolute Gasteiger partial charge is 0.476 e. The molecule has 0 aromatic carbocycles. The van der Waals surface area contributed by atoms with E-state index >= 15 is 0 Å². The fourth-order valence-electron chi connectivity index (χ4n) is 4.95. The third-order valence-corrected chi connectivity index (χ3v) is 6.12. The van der Waals surface area contributed by atoms with E-state index in [-0.39, 0.29) is 5.01 Å². The van der Waals surface area contributed by atoms with E-state index in [0.29, 0.717) is 5.92 Å². The number of thiazole rings is 1. The summed E-state index contributed by atoms with van der Waals surface area (Å²) >= 11 is 1.29. The second kappa shape index (κ2) is 3.80. The molecule has 1 aromatic rings. The van der Waals surface area contributed by atoms with Crippen LogP contribution >= 0.6 is 11.3 Å². The molecule has 96 valence electrons.